The minimum absolute atomic E-state index is 0.127. The Bertz CT molecular complexity index is 390. The van der Waals surface area contributed by atoms with Crippen molar-refractivity contribution in [2.45, 2.75) is 32.7 Å². The van der Waals surface area contributed by atoms with Crippen molar-refractivity contribution < 1.29 is 9.84 Å². The smallest absolute Gasteiger partial charge is 0.124 e. The second-order valence-corrected chi connectivity index (χ2v) is 5.75. The highest BCUT2D eigenvalue weighted by Gasteiger charge is 2.24. The zero-order valence-corrected chi connectivity index (χ0v) is 11.3. The number of ether oxygens (including phenoxy) is 1. The van der Waals surface area contributed by atoms with E-state index in [-0.39, 0.29) is 12.0 Å². The van der Waals surface area contributed by atoms with Gasteiger partial charge in [-0.1, -0.05) is 32.0 Å². The fourth-order valence-electron chi connectivity index (χ4n) is 2.34. The average molecular weight is 249 g/mol. The number of hydrogen-bond acceptors (Lipinski definition) is 3. The summed E-state index contributed by atoms with van der Waals surface area (Å²) in [7, 11) is 0. The maximum atomic E-state index is 9.05. The Morgan fingerprint density at radius 3 is 2.94 bits per heavy atom. The molecular weight excluding hydrogens is 226 g/mol. The summed E-state index contributed by atoms with van der Waals surface area (Å²) < 4.78 is 5.65. The molecule has 2 rings (SSSR count). The molecule has 1 atom stereocenters. The number of benzene rings is 1. The molecule has 0 saturated carbocycles. The van der Waals surface area contributed by atoms with Crippen LogP contribution >= 0.6 is 0 Å². The Hall–Kier alpha value is -1.06. The number of aliphatic hydroxyl groups is 1. The fourth-order valence-corrected chi connectivity index (χ4v) is 2.34. The van der Waals surface area contributed by atoms with Crippen LogP contribution in [0.4, 0.5) is 0 Å². The largest absolute Gasteiger partial charge is 0.493 e. The Balaban J connectivity index is 1.99. The fraction of sp³-hybridized carbons (Fsp3) is 0.600. The number of fused-ring (bicyclic) bond motifs is 1. The minimum Gasteiger partial charge on any atom is -0.493 e. The van der Waals surface area contributed by atoms with Crippen LogP contribution in [0, 0.1) is 5.41 Å². The molecule has 0 aliphatic carbocycles. The van der Waals surface area contributed by atoms with E-state index in [0.717, 1.165) is 31.7 Å². The molecule has 0 bridgehead atoms. The lowest BCUT2D eigenvalue weighted by atomic mass is 9.88. The third kappa shape index (κ3) is 3.24. The molecule has 0 saturated heterocycles. The monoisotopic (exact) mass is 249 g/mol. The third-order valence-corrected chi connectivity index (χ3v) is 3.57. The van der Waals surface area contributed by atoms with E-state index in [2.05, 4.69) is 31.3 Å². The molecule has 1 aliphatic rings. The van der Waals surface area contributed by atoms with Crippen LogP contribution in [0.3, 0.4) is 0 Å². The molecule has 3 heteroatoms. The molecule has 0 amide bonds. The van der Waals surface area contributed by atoms with Crippen molar-refractivity contribution in [1.29, 1.82) is 0 Å². The van der Waals surface area contributed by atoms with Gasteiger partial charge in [-0.05, 0) is 17.9 Å². The predicted molar refractivity (Wildman–Crippen MR) is 72.8 cm³/mol. The van der Waals surface area contributed by atoms with E-state index in [1.165, 1.54) is 5.56 Å². The van der Waals surface area contributed by atoms with E-state index < -0.39 is 0 Å². The standard InChI is InChI=1S/C15H23NO2/c1-15(2,8-9-17)11-16-13-7-10-18-14-6-4-3-5-12(13)14/h3-6,13,16-17H,7-11H2,1-2H3. The summed E-state index contributed by atoms with van der Waals surface area (Å²) in [4.78, 5) is 0. The summed E-state index contributed by atoms with van der Waals surface area (Å²) in [5.41, 5.74) is 1.38. The van der Waals surface area contributed by atoms with Gasteiger partial charge in [0.25, 0.3) is 0 Å². The van der Waals surface area contributed by atoms with Crippen molar-refractivity contribution in [1.82, 2.24) is 5.32 Å². The summed E-state index contributed by atoms with van der Waals surface area (Å²) in [6, 6.07) is 8.60. The van der Waals surface area contributed by atoms with Crippen LogP contribution in [0.2, 0.25) is 0 Å². The zero-order valence-electron chi connectivity index (χ0n) is 11.3. The molecule has 1 aromatic rings. The number of rotatable bonds is 5. The second kappa shape index (κ2) is 5.72. The predicted octanol–water partition coefficient (Wildman–Crippen LogP) is 2.51. The number of hydrogen-bond donors (Lipinski definition) is 2. The maximum absolute atomic E-state index is 9.05. The van der Waals surface area contributed by atoms with E-state index >= 15 is 0 Å². The molecule has 1 aromatic carbocycles. The van der Waals surface area contributed by atoms with E-state index in [1.54, 1.807) is 0 Å². The van der Waals surface area contributed by atoms with Crippen molar-refractivity contribution in [3.63, 3.8) is 0 Å². The van der Waals surface area contributed by atoms with Crippen molar-refractivity contribution in [2.75, 3.05) is 19.8 Å². The SMILES string of the molecule is CC(C)(CCO)CNC1CCOc2ccccc21. The molecule has 1 unspecified atom stereocenters. The van der Waals surface area contributed by atoms with Gasteiger partial charge in [0, 0.05) is 31.2 Å². The lowest BCUT2D eigenvalue weighted by Gasteiger charge is -2.31. The van der Waals surface area contributed by atoms with Crippen LogP contribution < -0.4 is 10.1 Å². The quantitative estimate of drug-likeness (QED) is 0.842. The number of aliphatic hydroxyl groups excluding tert-OH is 1. The second-order valence-electron chi connectivity index (χ2n) is 5.75. The normalized spacial score (nSPS) is 19.2. The third-order valence-electron chi connectivity index (χ3n) is 3.57. The van der Waals surface area contributed by atoms with Crippen LogP contribution in [0.1, 0.15) is 38.3 Å². The van der Waals surface area contributed by atoms with Crippen molar-refractivity contribution >= 4 is 0 Å². The molecule has 1 heterocycles. The molecule has 0 fully saturated rings. The van der Waals surface area contributed by atoms with Crippen molar-refractivity contribution in [3.05, 3.63) is 29.8 Å². The van der Waals surface area contributed by atoms with Gasteiger partial charge in [-0.3, -0.25) is 0 Å². The highest BCUT2D eigenvalue weighted by molar-refractivity contribution is 5.37. The molecule has 0 aromatic heterocycles. The van der Waals surface area contributed by atoms with E-state index in [9.17, 15) is 0 Å². The summed E-state index contributed by atoms with van der Waals surface area (Å²) >= 11 is 0. The van der Waals surface area contributed by atoms with E-state index in [0.29, 0.717) is 6.04 Å². The van der Waals surface area contributed by atoms with Gasteiger partial charge < -0.3 is 15.2 Å². The first-order valence-electron chi connectivity index (χ1n) is 6.68. The van der Waals surface area contributed by atoms with Gasteiger partial charge in [0.2, 0.25) is 0 Å². The molecule has 100 valence electrons. The van der Waals surface area contributed by atoms with Crippen LogP contribution in [-0.4, -0.2) is 24.9 Å². The first-order valence-corrected chi connectivity index (χ1v) is 6.68. The Morgan fingerprint density at radius 1 is 1.39 bits per heavy atom. The summed E-state index contributed by atoms with van der Waals surface area (Å²) in [5, 5.41) is 12.7. The summed E-state index contributed by atoms with van der Waals surface area (Å²) in [5.74, 6) is 1.00. The molecule has 0 spiro atoms. The maximum Gasteiger partial charge on any atom is 0.124 e. The van der Waals surface area contributed by atoms with Gasteiger partial charge in [-0.25, -0.2) is 0 Å². The molecule has 0 radical (unpaired) electrons. The molecule has 18 heavy (non-hydrogen) atoms. The van der Waals surface area contributed by atoms with Crippen LogP contribution in [0.25, 0.3) is 0 Å². The van der Waals surface area contributed by atoms with Crippen LogP contribution in [0.15, 0.2) is 24.3 Å². The van der Waals surface area contributed by atoms with Gasteiger partial charge in [0.1, 0.15) is 5.75 Å². The molecular formula is C15H23NO2. The van der Waals surface area contributed by atoms with E-state index in [1.807, 2.05) is 12.1 Å². The van der Waals surface area contributed by atoms with Crippen molar-refractivity contribution in [3.8, 4) is 5.75 Å². The van der Waals surface area contributed by atoms with Crippen LogP contribution in [0.5, 0.6) is 5.75 Å². The summed E-state index contributed by atoms with van der Waals surface area (Å²) in [6.07, 6.45) is 1.83. The number of nitrogens with one attached hydrogen (secondary N) is 1. The Morgan fingerprint density at radius 2 is 2.17 bits per heavy atom. The van der Waals surface area contributed by atoms with Gasteiger partial charge >= 0.3 is 0 Å². The summed E-state index contributed by atoms with van der Waals surface area (Å²) in [6.45, 7) is 6.30. The van der Waals surface area contributed by atoms with Crippen LogP contribution in [-0.2, 0) is 0 Å². The zero-order chi connectivity index (χ0) is 13.0. The molecule has 1 aliphatic heterocycles. The Kier molecular flexibility index (Phi) is 4.25. The van der Waals surface area contributed by atoms with E-state index in [4.69, 9.17) is 9.84 Å². The highest BCUT2D eigenvalue weighted by atomic mass is 16.5. The van der Waals surface area contributed by atoms with Gasteiger partial charge in [0.05, 0.1) is 6.61 Å². The van der Waals surface area contributed by atoms with Gasteiger partial charge in [-0.15, -0.1) is 0 Å². The lowest BCUT2D eigenvalue weighted by molar-refractivity contribution is 0.192. The minimum atomic E-state index is 0.127. The average Bonchev–Trinajstić information content (AvgIpc) is 2.36. The van der Waals surface area contributed by atoms with Crippen molar-refractivity contribution in [2.24, 2.45) is 5.41 Å². The topological polar surface area (TPSA) is 41.5 Å². The molecule has 3 nitrogen and oxygen atoms in total. The molecule has 2 N–H and O–H groups in total. The van der Waals surface area contributed by atoms with Gasteiger partial charge in [0.15, 0.2) is 0 Å². The number of para-hydroxylation sites is 1. The first kappa shape index (κ1) is 13.4. The highest BCUT2D eigenvalue weighted by Crippen LogP contribution is 2.32. The van der Waals surface area contributed by atoms with Gasteiger partial charge in [-0.2, -0.15) is 0 Å². The lowest BCUT2D eigenvalue weighted by Crippen LogP contribution is -2.35. The Labute approximate surface area is 109 Å². The first-order chi connectivity index (χ1) is 8.62.